The van der Waals surface area contributed by atoms with Gasteiger partial charge in [0.15, 0.2) is 0 Å². The van der Waals surface area contributed by atoms with Gasteiger partial charge in [-0.15, -0.1) is 0 Å². The third kappa shape index (κ3) is 5.39. The molecule has 0 bridgehead atoms. The summed E-state index contributed by atoms with van der Waals surface area (Å²) in [5.41, 5.74) is 5.49. The Morgan fingerprint density at radius 2 is 2.32 bits per heavy atom. The molecular formula is C11H21N5O2S. The average Bonchev–Trinajstić information content (AvgIpc) is 2.87. The number of anilines is 1. The Morgan fingerprint density at radius 1 is 1.53 bits per heavy atom. The molecule has 0 fully saturated rings. The summed E-state index contributed by atoms with van der Waals surface area (Å²) >= 11 is 1.37. The topological polar surface area (TPSA) is 96.9 Å². The molecule has 0 aliphatic heterocycles. The van der Waals surface area contributed by atoms with Crippen LogP contribution in [0.2, 0.25) is 0 Å². The molecule has 1 heterocycles. The minimum Gasteiger partial charge on any atom is -0.409 e. The second-order valence-corrected chi connectivity index (χ2v) is 4.79. The number of methoxy groups -OCH3 is 1. The van der Waals surface area contributed by atoms with E-state index in [4.69, 9.17) is 15.7 Å². The summed E-state index contributed by atoms with van der Waals surface area (Å²) < 4.78 is 9.40. The van der Waals surface area contributed by atoms with E-state index in [9.17, 15) is 0 Å². The number of oxime groups is 1. The maximum atomic E-state index is 8.56. The fourth-order valence-electron chi connectivity index (χ4n) is 1.50. The zero-order chi connectivity index (χ0) is 14.1. The zero-order valence-electron chi connectivity index (χ0n) is 11.4. The van der Waals surface area contributed by atoms with Crippen molar-refractivity contribution < 1.29 is 9.94 Å². The second kappa shape index (κ2) is 8.65. The highest BCUT2D eigenvalue weighted by atomic mass is 32.1. The summed E-state index contributed by atoms with van der Waals surface area (Å²) in [4.78, 5) is 6.53. The quantitative estimate of drug-likeness (QED) is 0.305. The Balaban J connectivity index is 2.65. The molecule has 0 atom stereocenters. The van der Waals surface area contributed by atoms with Crippen molar-refractivity contribution in [2.45, 2.75) is 26.2 Å². The predicted octanol–water partition coefficient (Wildman–Crippen LogP) is 1.08. The van der Waals surface area contributed by atoms with Crippen molar-refractivity contribution in [1.82, 2.24) is 9.36 Å². The molecule has 19 heavy (non-hydrogen) atoms. The molecule has 1 rings (SSSR count). The summed E-state index contributed by atoms with van der Waals surface area (Å²) in [6.45, 7) is 4.02. The molecule has 3 N–H and O–H groups in total. The molecule has 0 radical (unpaired) electrons. The van der Waals surface area contributed by atoms with E-state index in [1.807, 2.05) is 4.90 Å². The fraction of sp³-hybridized carbons (Fsp3) is 0.727. The molecule has 0 aliphatic carbocycles. The average molecular weight is 287 g/mol. The largest absolute Gasteiger partial charge is 0.409 e. The third-order valence-electron chi connectivity index (χ3n) is 2.53. The highest BCUT2D eigenvalue weighted by Gasteiger charge is 2.12. The lowest BCUT2D eigenvalue weighted by Gasteiger charge is -2.20. The molecule has 0 spiro atoms. The second-order valence-electron chi connectivity index (χ2n) is 4.06. The lowest BCUT2D eigenvalue weighted by molar-refractivity contribution is 0.205. The molecule has 0 saturated carbocycles. The maximum absolute atomic E-state index is 8.56. The minimum atomic E-state index is 0.209. The van der Waals surface area contributed by atoms with E-state index >= 15 is 0 Å². The summed E-state index contributed by atoms with van der Waals surface area (Å²) in [5.74, 6) is 1.08. The number of amidine groups is 1. The number of aryl methyl sites for hydroxylation is 1. The van der Waals surface area contributed by atoms with Crippen LogP contribution in [0.1, 0.15) is 25.6 Å². The SMILES string of the molecule is CCCc1nsc(N(CCOC)CCC(N)=NO)n1. The van der Waals surface area contributed by atoms with Crippen molar-refractivity contribution in [2.24, 2.45) is 10.9 Å². The molecule has 1 aromatic heterocycles. The van der Waals surface area contributed by atoms with Crippen molar-refractivity contribution in [1.29, 1.82) is 0 Å². The lowest BCUT2D eigenvalue weighted by Crippen LogP contribution is -2.31. The number of nitrogens with two attached hydrogens (primary N) is 1. The van der Waals surface area contributed by atoms with Gasteiger partial charge in [0, 0.05) is 44.6 Å². The smallest absolute Gasteiger partial charge is 0.205 e. The van der Waals surface area contributed by atoms with Gasteiger partial charge in [0.05, 0.1) is 6.61 Å². The van der Waals surface area contributed by atoms with E-state index in [0.29, 0.717) is 26.1 Å². The predicted molar refractivity (Wildman–Crippen MR) is 76.0 cm³/mol. The fourth-order valence-corrected chi connectivity index (χ4v) is 2.27. The highest BCUT2D eigenvalue weighted by Crippen LogP contribution is 2.18. The van der Waals surface area contributed by atoms with Crippen molar-refractivity contribution in [3.05, 3.63) is 5.82 Å². The standard InChI is InChI=1S/C11H21N5O2S/c1-3-4-10-13-11(19-15-10)16(7-8-18-2)6-5-9(12)14-17/h17H,3-8H2,1-2H3,(H2,12,14). The molecule has 0 aromatic carbocycles. The molecule has 0 unspecified atom stereocenters. The Bertz CT molecular complexity index is 396. The van der Waals surface area contributed by atoms with Gasteiger partial charge >= 0.3 is 0 Å². The first-order chi connectivity index (χ1) is 9.21. The van der Waals surface area contributed by atoms with E-state index < -0.39 is 0 Å². The summed E-state index contributed by atoms with van der Waals surface area (Å²) in [5, 5.41) is 12.4. The van der Waals surface area contributed by atoms with Crippen LogP contribution in [0, 0.1) is 0 Å². The monoisotopic (exact) mass is 287 g/mol. The van der Waals surface area contributed by atoms with Crippen molar-refractivity contribution in [3.8, 4) is 0 Å². The van der Waals surface area contributed by atoms with Gasteiger partial charge < -0.3 is 20.6 Å². The normalized spacial score (nSPS) is 11.8. The van der Waals surface area contributed by atoms with Crippen LogP contribution < -0.4 is 10.6 Å². The van der Waals surface area contributed by atoms with Crippen LogP contribution in [-0.2, 0) is 11.2 Å². The van der Waals surface area contributed by atoms with Gasteiger partial charge in [-0.05, 0) is 6.42 Å². The molecule has 0 saturated heterocycles. The number of hydrogen-bond donors (Lipinski definition) is 2. The van der Waals surface area contributed by atoms with Crippen molar-refractivity contribution in [2.75, 3.05) is 31.7 Å². The molecule has 1 aromatic rings. The summed E-state index contributed by atoms with van der Waals surface area (Å²) in [7, 11) is 1.66. The Morgan fingerprint density at radius 3 is 2.95 bits per heavy atom. The van der Waals surface area contributed by atoms with Crippen LogP contribution in [-0.4, -0.2) is 47.2 Å². The number of aromatic nitrogens is 2. The Hall–Kier alpha value is -1.41. The van der Waals surface area contributed by atoms with Gasteiger partial charge in [0.2, 0.25) is 5.13 Å². The Kier molecular flexibility index (Phi) is 7.12. The van der Waals surface area contributed by atoms with E-state index in [2.05, 4.69) is 21.4 Å². The minimum absolute atomic E-state index is 0.209. The lowest BCUT2D eigenvalue weighted by atomic mass is 10.3. The van der Waals surface area contributed by atoms with E-state index in [-0.39, 0.29) is 5.84 Å². The van der Waals surface area contributed by atoms with Crippen LogP contribution in [0.15, 0.2) is 5.16 Å². The molecular weight excluding hydrogens is 266 g/mol. The zero-order valence-corrected chi connectivity index (χ0v) is 12.2. The third-order valence-corrected chi connectivity index (χ3v) is 3.35. The van der Waals surface area contributed by atoms with Gasteiger partial charge in [-0.1, -0.05) is 12.1 Å². The van der Waals surface area contributed by atoms with Gasteiger partial charge in [0.25, 0.3) is 0 Å². The van der Waals surface area contributed by atoms with E-state index in [1.165, 1.54) is 11.5 Å². The van der Waals surface area contributed by atoms with Crippen LogP contribution in [0.3, 0.4) is 0 Å². The first-order valence-electron chi connectivity index (χ1n) is 6.24. The van der Waals surface area contributed by atoms with Crippen LogP contribution >= 0.6 is 11.5 Å². The van der Waals surface area contributed by atoms with Gasteiger partial charge in [-0.2, -0.15) is 4.37 Å². The first-order valence-corrected chi connectivity index (χ1v) is 7.01. The molecule has 7 nitrogen and oxygen atoms in total. The molecule has 0 aliphatic rings. The van der Waals surface area contributed by atoms with Gasteiger partial charge in [-0.25, -0.2) is 4.98 Å². The number of nitrogens with zero attached hydrogens (tertiary/aromatic N) is 4. The molecule has 108 valence electrons. The molecule has 8 heteroatoms. The number of ether oxygens (including phenoxy) is 1. The van der Waals surface area contributed by atoms with E-state index in [0.717, 1.165) is 23.8 Å². The van der Waals surface area contributed by atoms with Crippen LogP contribution in [0.4, 0.5) is 5.13 Å². The van der Waals surface area contributed by atoms with Gasteiger partial charge in [-0.3, -0.25) is 0 Å². The van der Waals surface area contributed by atoms with Crippen LogP contribution in [0.25, 0.3) is 0 Å². The number of hydrogen-bond acceptors (Lipinski definition) is 7. The Labute approximate surface area is 117 Å². The highest BCUT2D eigenvalue weighted by molar-refractivity contribution is 7.09. The van der Waals surface area contributed by atoms with Crippen LogP contribution in [0.5, 0.6) is 0 Å². The number of rotatable bonds is 9. The van der Waals surface area contributed by atoms with E-state index in [1.54, 1.807) is 7.11 Å². The maximum Gasteiger partial charge on any atom is 0.205 e. The van der Waals surface area contributed by atoms with Crippen molar-refractivity contribution >= 4 is 22.5 Å². The molecule has 0 amide bonds. The van der Waals surface area contributed by atoms with Gasteiger partial charge in [0.1, 0.15) is 11.7 Å². The first kappa shape index (κ1) is 15.6. The van der Waals surface area contributed by atoms with Crippen molar-refractivity contribution in [3.63, 3.8) is 0 Å². The summed E-state index contributed by atoms with van der Waals surface area (Å²) in [6, 6.07) is 0. The summed E-state index contributed by atoms with van der Waals surface area (Å²) in [6.07, 6.45) is 2.39.